The number of benzene rings is 1. The average molecular weight is 238 g/mol. The number of nitrogens with one attached hydrogen (secondary N) is 1. The number of nitro benzene ring substituents is 1. The molecule has 1 aliphatic rings. The lowest BCUT2D eigenvalue weighted by atomic mass is 10.0. The highest BCUT2D eigenvalue weighted by atomic mass is 16.6. The van der Waals surface area contributed by atoms with Crippen LogP contribution in [0.5, 0.6) is 5.75 Å². The van der Waals surface area contributed by atoms with Crippen LogP contribution in [0.25, 0.3) is 0 Å². The fraction of sp³-hybridized carbons (Fsp3) is 0.455. The normalized spacial score (nSPS) is 19.9. The minimum Gasteiger partial charge on any atom is -0.496 e. The molecule has 0 amide bonds. The first-order valence-corrected chi connectivity index (χ1v) is 5.36. The predicted octanol–water partition coefficient (Wildman–Crippen LogP) is 1.26. The standard InChI is InChI=1S/C11H14N2O4/c1-16-11-3-2-8(13(14)15)6-9(11)10-7-17-5-4-12-10/h2-3,6,10,12H,4-5,7H2,1H3. The molecule has 0 spiro atoms. The van der Waals surface area contributed by atoms with Crippen molar-refractivity contribution in [3.63, 3.8) is 0 Å². The number of rotatable bonds is 3. The molecule has 1 unspecified atom stereocenters. The van der Waals surface area contributed by atoms with Crippen molar-refractivity contribution >= 4 is 5.69 Å². The predicted molar refractivity (Wildman–Crippen MR) is 61.2 cm³/mol. The molecular weight excluding hydrogens is 224 g/mol. The van der Waals surface area contributed by atoms with Gasteiger partial charge in [-0.25, -0.2) is 0 Å². The first-order valence-electron chi connectivity index (χ1n) is 5.36. The number of ether oxygens (including phenoxy) is 2. The number of nitro groups is 1. The van der Waals surface area contributed by atoms with E-state index in [0.29, 0.717) is 19.0 Å². The van der Waals surface area contributed by atoms with Crippen LogP contribution in [0.3, 0.4) is 0 Å². The largest absolute Gasteiger partial charge is 0.496 e. The van der Waals surface area contributed by atoms with Gasteiger partial charge in [-0.1, -0.05) is 0 Å². The number of hydrogen-bond acceptors (Lipinski definition) is 5. The lowest BCUT2D eigenvalue weighted by Crippen LogP contribution is -2.34. The van der Waals surface area contributed by atoms with Crippen molar-refractivity contribution in [2.45, 2.75) is 6.04 Å². The molecule has 6 heteroatoms. The van der Waals surface area contributed by atoms with E-state index >= 15 is 0 Å². The van der Waals surface area contributed by atoms with Gasteiger partial charge >= 0.3 is 0 Å². The smallest absolute Gasteiger partial charge is 0.270 e. The van der Waals surface area contributed by atoms with Crippen molar-refractivity contribution < 1.29 is 14.4 Å². The summed E-state index contributed by atoms with van der Waals surface area (Å²) in [7, 11) is 1.55. The second-order valence-corrected chi connectivity index (χ2v) is 3.76. The first-order chi connectivity index (χ1) is 8.22. The van der Waals surface area contributed by atoms with Crippen LogP contribution >= 0.6 is 0 Å². The lowest BCUT2D eigenvalue weighted by Gasteiger charge is -2.25. The van der Waals surface area contributed by atoms with E-state index in [1.807, 2.05) is 0 Å². The van der Waals surface area contributed by atoms with Crippen LogP contribution in [0.15, 0.2) is 18.2 Å². The fourth-order valence-corrected chi connectivity index (χ4v) is 1.87. The van der Waals surface area contributed by atoms with E-state index in [0.717, 1.165) is 12.1 Å². The zero-order valence-electron chi connectivity index (χ0n) is 9.51. The Morgan fingerprint density at radius 1 is 1.59 bits per heavy atom. The highest BCUT2D eigenvalue weighted by Crippen LogP contribution is 2.30. The summed E-state index contributed by atoms with van der Waals surface area (Å²) in [5.74, 6) is 0.638. The van der Waals surface area contributed by atoms with Crippen LogP contribution in [0.2, 0.25) is 0 Å². The van der Waals surface area contributed by atoms with Gasteiger partial charge in [-0.15, -0.1) is 0 Å². The average Bonchev–Trinajstić information content (AvgIpc) is 2.39. The molecule has 1 atom stereocenters. The molecule has 6 nitrogen and oxygen atoms in total. The Morgan fingerprint density at radius 3 is 3.00 bits per heavy atom. The quantitative estimate of drug-likeness (QED) is 0.634. The summed E-state index contributed by atoms with van der Waals surface area (Å²) in [5, 5.41) is 14.0. The molecule has 2 rings (SSSR count). The summed E-state index contributed by atoms with van der Waals surface area (Å²) in [6.45, 7) is 1.89. The van der Waals surface area contributed by atoms with Crippen molar-refractivity contribution in [3.8, 4) is 5.75 Å². The Labute approximate surface area is 98.7 Å². The summed E-state index contributed by atoms with van der Waals surface area (Å²) in [4.78, 5) is 10.3. The van der Waals surface area contributed by atoms with Crippen molar-refractivity contribution in [1.29, 1.82) is 0 Å². The molecule has 1 aromatic rings. The summed E-state index contributed by atoms with van der Waals surface area (Å²) in [6, 6.07) is 4.53. The molecule has 0 radical (unpaired) electrons. The van der Waals surface area contributed by atoms with Gasteiger partial charge in [0, 0.05) is 24.2 Å². The zero-order chi connectivity index (χ0) is 12.3. The highest BCUT2D eigenvalue weighted by molar-refractivity contribution is 5.45. The van der Waals surface area contributed by atoms with E-state index in [4.69, 9.17) is 9.47 Å². The van der Waals surface area contributed by atoms with Crippen molar-refractivity contribution in [1.82, 2.24) is 5.32 Å². The van der Waals surface area contributed by atoms with Gasteiger partial charge in [0.25, 0.3) is 5.69 Å². The molecule has 0 saturated carbocycles. The van der Waals surface area contributed by atoms with Crippen LogP contribution in [0.1, 0.15) is 11.6 Å². The van der Waals surface area contributed by atoms with Crippen molar-refractivity contribution in [2.24, 2.45) is 0 Å². The molecule has 1 saturated heterocycles. The number of methoxy groups -OCH3 is 1. The third-order valence-electron chi connectivity index (χ3n) is 2.72. The van der Waals surface area contributed by atoms with Gasteiger partial charge in [0.1, 0.15) is 5.75 Å². The monoisotopic (exact) mass is 238 g/mol. The molecule has 17 heavy (non-hydrogen) atoms. The van der Waals surface area contributed by atoms with Crippen LogP contribution in [-0.4, -0.2) is 31.8 Å². The Hall–Kier alpha value is -1.66. The Bertz CT molecular complexity index is 416. The topological polar surface area (TPSA) is 73.6 Å². The zero-order valence-corrected chi connectivity index (χ0v) is 9.51. The maximum absolute atomic E-state index is 10.7. The van der Waals surface area contributed by atoms with Gasteiger partial charge in [-0.05, 0) is 6.07 Å². The molecule has 0 bridgehead atoms. The second-order valence-electron chi connectivity index (χ2n) is 3.76. The third kappa shape index (κ3) is 2.54. The van der Waals surface area contributed by atoms with Gasteiger partial charge in [-0.3, -0.25) is 10.1 Å². The highest BCUT2D eigenvalue weighted by Gasteiger charge is 2.21. The third-order valence-corrected chi connectivity index (χ3v) is 2.72. The van der Waals surface area contributed by atoms with E-state index in [2.05, 4.69) is 5.32 Å². The van der Waals surface area contributed by atoms with Gasteiger partial charge in [0.05, 0.1) is 31.3 Å². The molecule has 92 valence electrons. The Balaban J connectivity index is 2.34. The number of non-ortho nitro benzene ring substituents is 1. The van der Waals surface area contributed by atoms with Crippen LogP contribution < -0.4 is 10.1 Å². The van der Waals surface area contributed by atoms with Gasteiger partial charge < -0.3 is 14.8 Å². The molecule has 1 N–H and O–H groups in total. The fourth-order valence-electron chi connectivity index (χ4n) is 1.87. The van der Waals surface area contributed by atoms with Gasteiger partial charge in [0.2, 0.25) is 0 Å². The van der Waals surface area contributed by atoms with Gasteiger partial charge in [0.15, 0.2) is 0 Å². The van der Waals surface area contributed by atoms with Gasteiger partial charge in [-0.2, -0.15) is 0 Å². The Kier molecular flexibility index (Phi) is 3.55. The second kappa shape index (κ2) is 5.11. The molecule has 1 aromatic carbocycles. The van der Waals surface area contributed by atoms with E-state index in [1.54, 1.807) is 13.2 Å². The number of hydrogen-bond donors (Lipinski definition) is 1. The summed E-state index contributed by atoms with van der Waals surface area (Å²) >= 11 is 0. The molecule has 0 aromatic heterocycles. The van der Waals surface area contributed by atoms with Crippen LogP contribution in [0.4, 0.5) is 5.69 Å². The minimum atomic E-state index is -0.410. The minimum absolute atomic E-state index is 0.0569. The molecular formula is C11H14N2O4. The van der Waals surface area contributed by atoms with E-state index in [9.17, 15) is 10.1 Å². The number of nitrogens with zero attached hydrogens (tertiary/aromatic N) is 1. The van der Waals surface area contributed by atoms with Crippen molar-refractivity contribution in [2.75, 3.05) is 26.9 Å². The first kappa shape index (κ1) is 11.8. The van der Waals surface area contributed by atoms with E-state index in [1.165, 1.54) is 12.1 Å². The van der Waals surface area contributed by atoms with Crippen LogP contribution in [-0.2, 0) is 4.74 Å². The van der Waals surface area contributed by atoms with E-state index < -0.39 is 4.92 Å². The molecule has 1 aliphatic heterocycles. The number of morpholine rings is 1. The summed E-state index contributed by atoms with van der Waals surface area (Å²) in [6.07, 6.45) is 0. The van der Waals surface area contributed by atoms with Crippen LogP contribution in [0, 0.1) is 10.1 Å². The SMILES string of the molecule is COc1ccc([N+](=O)[O-])cc1C1COCCN1. The maximum Gasteiger partial charge on any atom is 0.270 e. The Morgan fingerprint density at radius 2 is 2.41 bits per heavy atom. The maximum atomic E-state index is 10.7. The summed E-state index contributed by atoms with van der Waals surface area (Å²) < 4.78 is 10.6. The molecule has 1 fully saturated rings. The molecule has 0 aliphatic carbocycles. The molecule has 1 heterocycles. The van der Waals surface area contributed by atoms with E-state index in [-0.39, 0.29) is 11.7 Å². The van der Waals surface area contributed by atoms with Crippen molar-refractivity contribution in [3.05, 3.63) is 33.9 Å². The summed E-state index contributed by atoms with van der Waals surface area (Å²) in [5.41, 5.74) is 0.828. The lowest BCUT2D eigenvalue weighted by molar-refractivity contribution is -0.385.